The van der Waals surface area contributed by atoms with Crippen molar-refractivity contribution in [3.05, 3.63) is 23.3 Å². The Morgan fingerprint density at radius 2 is 1.72 bits per heavy atom. The molecule has 4 rings (SSSR count). The molecule has 32 heavy (non-hydrogen) atoms. The molecule has 4 aliphatic carbocycles. The highest BCUT2D eigenvalue weighted by atomic mass is 16.5. The predicted molar refractivity (Wildman–Crippen MR) is 131 cm³/mol. The number of aliphatic hydroxyl groups is 2. The number of hydrogen-bond donors (Lipinski definition) is 2. The smallest absolute Gasteiger partial charge is 0.0658 e. The summed E-state index contributed by atoms with van der Waals surface area (Å²) >= 11 is 0. The van der Waals surface area contributed by atoms with E-state index in [0.29, 0.717) is 23.4 Å². The van der Waals surface area contributed by atoms with Gasteiger partial charge in [-0.2, -0.15) is 0 Å². The van der Waals surface area contributed by atoms with E-state index >= 15 is 0 Å². The Morgan fingerprint density at radius 3 is 2.34 bits per heavy atom. The van der Waals surface area contributed by atoms with Crippen LogP contribution in [0.3, 0.4) is 0 Å². The van der Waals surface area contributed by atoms with Crippen molar-refractivity contribution >= 4 is 0 Å². The van der Waals surface area contributed by atoms with E-state index < -0.39 is 0 Å². The Labute approximate surface area is 196 Å². The standard InChI is InChI=1S/C29H48O3/c1-5-21(6-2)13-17-32-20(3)24-11-12-25-23(8-7-14-28(24,25)4)10-9-22-18-26(30)29(15-16-29)27(31)19-22/h9-10,20-21,24-27,30-31H,5-8,11-19H2,1-4H3/t20-,24?,25?,26-,27-,28?/m1/s1. The number of rotatable bonds is 8. The number of aliphatic hydroxyl groups excluding tert-OH is 2. The highest BCUT2D eigenvalue weighted by Gasteiger charge is 2.56. The van der Waals surface area contributed by atoms with Gasteiger partial charge in [-0.05, 0) is 94.3 Å². The van der Waals surface area contributed by atoms with Crippen molar-refractivity contribution in [2.45, 2.75) is 123 Å². The fraction of sp³-hybridized carbons (Fsp3) is 0.862. The minimum absolute atomic E-state index is 0.170. The number of fused-ring (bicyclic) bond motifs is 1. The van der Waals surface area contributed by atoms with E-state index in [4.69, 9.17) is 4.74 Å². The molecule has 0 aromatic carbocycles. The second-order valence-corrected chi connectivity index (χ2v) is 11.9. The molecule has 182 valence electrons. The molecular weight excluding hydrogens is 396 g/mol. The number of allylic oxidation sites excluding steroid dienone is 3. The van der Waals surface area contributed by atoms with Crippen LogP contribution >= 0.6 is 0 Å². The molecule has 2 N–H and O–H groups in total. The van der Waals surface area contributed by atoms with Crippen molar-refractivity contribution in [2.75, 3.05) is 6.61 Å². The molecule has 0 radical (unpaired) electrons. The molecule has 0 saturated heterocycles. The molecule has 0 heterocycles. The van der Waals surface area contributed by atoms with Gasteiger partial charge in [0.15, 0.2) is 0 Å². The van der Waals surface area contributed by atoms with Gasteiger partial charge in [-0.3, -0.25) is 0 Å². The van der Waals surface area contributed by atoms with Crippen LogP contribution in [0.5, 0.6) is 0 Å². The highest BCUT2D eigenvalue weighted by molar-refractivity contribution is 5.28. The molecule has 3 nitrogen and oxygen atoms in total. The van der Waals surface area contributed by atoms with E-state index in [1.165, 1.54) is 56.9 Å². The lowest BCUT2D eigenvalue weighted by Gasteiger charge is -2.44. The van der Waals surface area contributed by atoms with Gasteiger partial charge in [0.1, 0.15) is 0 Å². The topological polar surface area (TPSA) is 49.7 Å². The zero-order chi connectivity index (χ0) is 22.9. The molecule has 0 bridgehead atoms. The van der Waals surface area contributed by atoms with Crippen LogP contribution < -0.4 is 0 Å². The average Bonchev–Trinajstić information content (AvgIpc) is 3.50. The van der Waals surface area contributed by atoms with Crippen LogP contribution in [-0.2, 0) is 4.74 Å². The minimum atomic E-state index is -0.360. The minimum Gasteiger partial charge on any atom is -0.392 e. The van der Waals surface area contributed by atoms with Gasteiger partial charge in [-0.15, -0.1) is 0 Å². The largest absolute Gasteiger partial charge is 0.392 e. The first-order valence-electron chi connectivity index (χ1n) is 13.7. The van der Waals surface area contributed by atoms with Crippen molar-refractivity contribution in [1.82, 2.24) is 0 Å². The van der Waals surface area contributed by atoms with Crippen LogP contribution in [0.15, 0.2) is 23.3 Å². The molecular formula is C29H48O3. The van der Waals surface area contributed by atoms with Gasteiger partial charge in [0.05, 0.1) is 18.3 Å². The van der Waals surface area contributed by atoms with Crippen molar-refractivity contribution in [1.29, 1.82) is 0 Å². The summed E-state index contributed by atoms with van der Waals surface area (Å²) in [6, 6.07) is 0. The first-order chi connectivity index (χ1) is 15.3. The Hall–Kier alpha value is -0.640. The van der Waals surface area contributed by atoms with Crippen molar-refractivity contribution in [3.8, 4) is 0 Å². The van der Waals surface area contributed by atoms with Gasteiger partial charge in [0.2, 0.25) is 0 Å². The molecule has 3 heteroatoms. The molecule has 3 unspecified atom stereocenters. The third-order valence-corrected chi connectivity index (χ3v) is 10.3. The summed E-state index contributed by atoms with van der Waals surface area (Å²) in [5, 5.41) is 21.1. The molecule has 0 amide bonds. The summed E-state index contributed by atoms with van der Waals surface area (Å²) < 4.78 is 6.43. The first-order valence-corrected chi connectivity index (χ1v) is 13.7. The van der Waals surface area contributed by atoms with Crippen LogP contribution in [0.1, 0.15) is 105 Å². The summed E-state index contributed by atoms with van der Waals surface area (Å²) in [6.45, 7) is 10.4. The number of hydrogen-bond acceptors (Lipinski definition) is 3. The van der Waals surface area contributed by atoms with E-state index in [1.807, 2.05) is 0 Å². The predicted octanol–water partition coefficient (Wildman–Crippen LogP) is 6.58. The zero-order valence-electron chi connectivity index (χ0n) is 21.1. The lowest BCUT2D eigenvalue weighted by molar-refractivity contribution is -0.0291. The van der Waals surface area contributed by atoms with Crippen LogP contribution in [0.4, 0.5) is 0 Å². The summed E-state index contributed by atoms with van der Waals surface area (Å²) in [4.78, 5) is 0. The summed E-state index contributed by atoms with van der Waals surface area (Å²) in [5.41, 5.74) is 3.01. The summed E-state index contributed by atoms with van der Waals surface area (Å²) in [6.07, 6.45) is 17.8. The highest BCUT2D eigenvalue weighted by Crippen LogP contribution is 2.59. The van der Waals surface area contributed by atoms with Crippen LogP contribution in [0, 0.1) is 28.6 Å². The van der Waals surface area contributed by atoms with Gasteiger partial charge in [0.25, 0.3) is 0 Å². The number of ether oxygens (including phenoxy) is 1. The van der Waals surface area contributed by atoms with E-state index in [-0.39, 0.29) is 17.6 Å². The van der Waals surface area contributed by atoms with Gasteiger partial charge in [-0.25, -0.2) is 0 Å². The Bertz CT molecular complexity index is 685. The SMILES string of the molecule is CCC(CC)CCO[C@H](C)C1CCC2C(=CC=C3C[C@@H](O)C4(CC4)[C@H](O)C3)CCCC21C. The normalized spacial score (nSPS) is 38.3. The Balaban J connectivity index is 1.39. The second-order valence-electron chi connectivity index (χ2n) is 11.9. The lowest BCUT2D eigenvalue weighted by atomic mass is 9.62. The first kappa shape index (κ1) is 24.5. The van der Waals surface area contributed by atoms with Crippen molar-refractivity contribution in [3.63, 3.8) is 0 Å². The van der Waals surface area contributed by atoms with Crippen LogP contribution in [-0.4, -0.2) is 35.1 Å². The fourth-order valence-corrected chi connectivity index (χ4v) is 7.66. The van der Waals surface area contributed by atoms with E-state index in [9.17, 15) is 10.2 Å². The third-order valence-electron chi connectivity index (χ3n) is 10.3. The third kappa shape index (κ3) is 4.64. The van der Waals surface area contributed by atoms with Crippen LogP contribution in [0.2, 0.25) is 0 Å². The second kappa shape index (κ2) is 9.92. The fourth-order valence-electron chi connectivity index (χ4n) is 7.66. The zero-order valence-corrected chi connectivity index (χ0v) is 21.1. The quantitative estimate of drug-likeness (QED) is 0.444. The van der Waals surface area contributed by atoms with Gasteiger partial charge < -0.3 is 14.9 Å². The van der Waals surface area contributed by atoms with E-state index in [2.05, 4.69) is 39.8 Å². The summed E-state index contributed by atoms with van der Waals surface area (Å²) in [5.74, 6) is 2.12. The monoisotopic (exact) mass is 444 g/mol. The molecule has 0 aliphatic heterocycles. The molecule has 4 fully saturated rings. The van der Waals surface area contributed by atoms with Gasteiger partial charge in [-0.1, -0.05) is 56.9 Å². The maximum atomic E-state index is 10.6. The summed E-state index contributed by atoms with van der Waals surface area (Å²) in [7, 11) is 0. The lowest BCUT2D eigenvalue weighted by Crippen LogP contribution is -2.39. The molecule has 6 atom stereocenters. The van der Waals surface area contributed by atoms with Gasteiger partial charge >= 0.3 is 0 Å². The Kier molecular flexibility index (Phi) is 7.59. The molecule has 0 aromatic rings. The van der Waals surface area contributed by atoms with Crippen LogP contribution in [0.25, 0.3) is 0 Å². The molecule has 0 aromatic heterocycles. The maximum absolute atomic E-state index is 10.6. The molecule has 4 aliphatic rings. The Morgan fingerprint density at radius 1 is 1.03 bits per heavy atom. The van der Waals surface area contributed by atoms with E-state index in [1.54, 1.807) is 5.57 Å². The maximum Gasteiger partial charge on any atom is 0.0658 e. The molecule has 1 spiro atoms. The van der Waals surface area contributed by atoms with E-state index in [0.717, 1.165) is 38.2 Å². The van der Waals surface area contributed by atoms with Gasteiger partial charge in [0, 0.05) is 12.0 Å². The average molecular weight is 445 g/mol. The van der Waals surface area contributed by atoms with Crippen molar-refractivity contribution < 1.29 is 14.9 Å². The molecule has 4 saturated carbocycles. The van der Waals surface area contributed by atoms with Crippen molar-refractivity contribution in [2.24, 2.45) is 28.6 Å².